The van der Waals surface area contributed by atoms with E-state index >= 15 is 0 Å². The molecule has 0 bridgehead atoms. The average Bonchev–Trinajstić information content (AvgIpc) is 3.09. The van der Waals surface area contributed by atoms with Crippen molar-refractivity contribution in [2.24, 2.45) is 0 Å². The molecule has 1 amide bonds. The number of amides is 1. The van der Waals surface area contributed by atoms with Gasteiger partial charge in [0.1, 0.15) is 11.4 Å². The molecular formula is C23H25FN2O2. The number of benzene rings is 2. The van der Waals surface area contributed by atoms with Gasteiger partial charge in [0.05, 0.1) is 0 Å². The van der Waals surface area contributed by atoms with Crippen LogP contribution in [-0.4, -0.2) is 40.9 Å². The summed E-state index contributed by atoms with van der Waals surface area (Å²) >= 11 is 0. The number of piperazine rings is 1. The molecule has 0 aliphatic carbocycles. The van der Waals surface area contributed by atoms with Crippen molar-refractivity contribution in [1.29, 1.82) is 0 Å². The number of fused-ring (bicyclic) bond motifs is 1. The zero-order chi connectivity index (χ0) is 19.8. The smallest absolute Gasteiger partial charge is 0.289 e. The number of hydrogen-bond acceptors (Lipinski definition) is 3. The second kappa shape index (κ2) is 7.40. The van der Waals surface area contributed by atoms with Crippen molar-refractivity contribution < 1.29 is 13.6 Å². The SMILES string of the molecule is Cc1ccc2cc(C(=O)N3CC(C)N(Cc4ccc(F)cc4)CC3C)oc2c1. The molecule has 2 heterocycles. The Morgan fingerprint density at radius 3 is 2.57 bits per heavy atom. The molecule has 2 unspecified atom stereocenters. The van der Waals surface area contributed by atoms with E-state index in [1.54, 1.807) is 0 Å². The van der Waals surface area contributed by atoms with Gasteiger partial charge in [0, 0.05) is 37.1 Å². The maximum atomic E-state index is 13.1. The summed E-state index contributed by atoms with van der Waals surface area (Å²) in [6.45, 7) is 8.35. The maximum Gasteiger partial charge on any atom is 0.289 e. The molecule has 0 spiro atoms. The first-order chi connectivity index (χ1) is 13.4. The van der Waals surface area contributed by atoms with Crippen LogP contribution < -0.4 is 0 Å². The van der Waals surface area contributed by atoms with Crippen LogP contribution in [0.2, 0.25) is 0 Å². The zero-order valence-corrected chi connectivity index (χ0v) is 16.5. The number of nitrogens with zero attached hydrogens (tertiary/aromatic N) is 2. The zero-order valence-electron chi connectivity index (χ0n) is 16.5. The highest BCUT2D eigenvalue weighted by molar-refractivity contribution is 5.96. The molecule has 146 valence electrons. The van der Waals surface area contributed by atoms with E-state index in [1.807, 2.05) is 48.2 Å². The van der Waals surface area contributed by atoms with Crippen molar-refractivity contribution in [1.82, 2.24) is 9.80 Å². The molecule has 4 rings (SSSR count). The largest absolute Gasteiger partial charge is 0.451 e. The highest BCUT2D eigenvalue weighted by Gasteiger charge is 2.33. The highest BCUT2D eigenvalue weighted by Crippen LogP contribution is 2.25. The van der Waals surface area contributed by atoms with Gasteiger partial charge in [-0.1, -0.05) is 24.3 Å². The van der Waals surface area contributed by atoms with Gasteiger partial charge in [-0.05, 0) is 56.2 Å². The minimum atomic E-state index is -0.221. The van der Waals surface area contributed by atoms with Gasteiger partial charge in [-0.25, -0.2) is 4.39 Å². The van der Waals surface area contributed by atoms with Crippen molar-refractivity contribution in [2.45, 2.75) is 39.4 Å². The van der Waals surface area contributed by atoms with E-state index in [2.05, 4.69) is 18.7 Å². The summed E-state index contributed by atoms with van der Waals surface area (Å²) in [6.07, 6.45) is 0. The van der Waals surface area contributed by atoms with E-state index < -0.39 is 0 Å². The van der Waals surface area contributed by atoms with E-state index in [1.165, 1.54) is 12.1 Å². The lowest BCUT2D eigenvalue weighted by Crippen LogP contribution is -2.57. The van der Waals surface area contributed by atoms with E-state index in [9.17, 15) is 9.18 Å². The van der Waals surface area contributed by atoms with Gasteiger partial charge in [0.15, 0.2) is 5.76 Å². The van der Waals surface area contributed by atoms with Gasteiger partial charge in [-0.2, -0.15) is 0 Å². The third kappa shape index (κ3) is 3.67. The Hall–Kier alpha value is -2.66. The van der Waals surface area contributed by atoms with Crippen molar-refractivity contribution in [2.75, 3.05) is 13.1 Å². The van der Waals surface area contributed by atoms with Crippen LogP contribution in [0.4, 0.5) is 4.39 Å². The molecule has 0 N–H and O–H groups in total. The van der Waals surface area contributed by atoms with Crippen LogP contribution in [0.3, 0.4) is 0 Å². The fourth-order valence-electron chi connectivity index (χ4n) is 3.91. The molecule has 1 fully saturated rings. The van der Waals surface area contributed by atoms with Crippen LogP contribution in [0.5, 0.6) is 0 Å². The van der Waals surface area contributed by atoms with Gasteiger partial charge < -0.3 is 9.32 Å². The fourth-order valence-corrected chi connectivity index (χ4v) is 3.91. The number of halogens is 1. The molecule has 0 radical (unpaired) electrons. The number of carbonyl (C=O) groups excluding carboxylic acids is 1. The van der Waals surface area contributed by atoms with E-state index in [-0.39, 0.29) is 23.8 Å². The summed E-state index contributed by atoms with van der Waals surface area (Å²) in [5, 5.41) is 0.949. The lowest BCUT2D eigenvalue weighted by Gasteiger charge is -2.43. The van der Waals surface area contributed by atoms with Crippen LogP contribution in [0.1, 0.15) is 35.5 Å². The summed E-state index contributed by atoms with van der Waals surface area (Å²) in [6, 6.07) is 14.7. The summed E-state index contributed by atoms with van der Waals surface area (Å²) in [4.78, 5) is 17.3. The van der Waals surface area contributed by atoms with E-state index in [4.69, 9.17) is 4.42 Å². The molecule has 1 aliphatic heterocycles. The Kier molecular flexibility index (Phi) is 4.94. The molecule has 4 nitrogen and oxygen atoms in total. The molecule has 1 aromatic heterocycles. The van der Waals surface area contributed by atoms with Crippen molar-refractivity contribution >= 4 is 16.9 Å². The molecule has 2 atom stereocenters. The van der Waals surface area contributed by atoms with Gasteiger partial charge in [0.2, 0.25) is 0 Å². The van der Waals surface area contributed by atoms with Gasteiger partial charge >= 0.3 is 0 Å². The summed E-state index contributed by atoms with van der Waals surface area (Å²) in [5.74, 6) is 0.114. The van der Waals surface area contributed by atoms with Crippen LogP contribution in [0.25, 0.3) is 11.0 Å². The third-order valence-electron chi connectivity index (χ3n) is 5.56. The first-order valence-electron chi connectivity index (χ1n) is 9.70. The molecule has 5 heteroatoms. The monoisotopic (exact) mass is 380 g/mol. The summed E-state index contributed by atoms with van der Waals surface area (Å²) in [5.41, 5.74) is 2.93. The standard InChI is InChI=1S/C23H25FN2O2/c1-15-4-7-19-11-22(28-21(19)10-15)23(27)26-13-16(2)25(12-17(26)3)14-18-5-8-20(24)9-6-18/h4-11,16-17H,12-14H2,1-3H3. The number of furan rings is 1. The molecule has 1 aliphatic rings. The first kappa shape index (κ1) is 18.7. The lowest BCUT2D eigenvalue weighted by atomic mass is 10.1. The van der Waals surface area contributed by atoms with E-state index in [0.29, 0.717) is 12.3 Å². The third-order valence-corrected chi connectivity index (χ3v) is 5.56. The molecule has 2 aromatic carbocycles. The number of aryl methyl sites for hydroxylation is 1. The molecular weight excluding hydrogens is 355 g/mol. The van der Waals surface area contributed by atoms with Gasteiger partial charge in [-0.15, -0.1) is 0 Å². The van der Waals surface area contributed by atoms with Crippen molar-refractivity contribution in [3.05, 3.63) is 71.2 Å². The number of hydrogen-bond donors (Lipinski definition) is 0. The Balaban J connectivity index is 1.48. The normalized spacial score (nSPS) is 20.6. The van der Waals surface area contributed by atoms with E-state index in [0.717, 1.165) is 35.2 Å². The quantitative estimate of drug-likeness (QED) is 0.666. The first-order valence-corrected chi connectivity index (χ1v) is 9.70. The van der Waals surface area contributed by atoms with Crippen LogP contribution in [0.15, 0.2) is 52.9 Å². The lowest BCUT2D eigenvalue weighted by molar-refractivity contribution is 0.0269. The minimum Gasteiger partial charge on any atom is -0.451 e. The summed E-state index contributed by atoms with van der Waals surface area (Å²) < 4.78 is 19.0. The van der Waals surface area contributed by atoms with Crippen molar-refractivity contribution in [3.63, 3.8) is 0 Å². The fraction of sp³-hybridized carbons (Fsp3) is 0.348. The van der Waals surface area contributed by atoms with Crippen molar-refractivity contribution in [3.8, 4) is 0 Å². The van der Waals surface area contributed by atoms with Gasteiger partial charge in [-0.3, -0.25) is 9.69 Å². The Morgan fingerprint density at radius 2 is 1.82 bits per heavy atom. The maximum absolute atomic E-state index is 13.1. The van der Waals surface area contributed by atoms with Crippen LogP contribution in [-0.2, 0) is 6.54 Å². The number of rotatable bonds is 3. The Morgan fingerprint density at radius 1 is 1.07 bits per heavy atom. The predicted molar refractivity (Wildman–Crippen MR) is 108 cm³/mol. The van der Waals surface area contributed by atoms with Crippen LogP contribution in [0, 0.1) is 12.7 Å². The topological polar surface area (TPSA) is 36.7 Å². The molecule has 1 saturated heterocycles. The second-order valence-corrected chi connectivity index (χ2v) is 7.86. The Bertz CT molecular complexity index is 996. The molecule has 0 saturated carbocycles. The second-order valence-electron chi connectivity index (χ2n) is 7.86. The summed E-state index contributed by atoms with van der Waals surface area (Å²) in [7, 11) is 0. The predicted octanol–water partition coefficient (Wildman–Crippen LogP) is 4.62. The Labute approximate surface area is 164 Å². The highest BCUT2D eigenvalue weighted by atomic mass is 19.1. The molecule has 3 aromatic rings. The number of carbonyl (C=O) groups is 1. The average molecular weight is 380 g/mol. The minimum absolute atomic E-state index is 0.0605. The van der Waals surface area contributed by atoms with Gasteiger partial charge in [0.25, 0.3) is 5.91 Å². The van der Waals surface area contributed by atoms with Crippen LogP contribution >= 0.6 is 0 Å². The molecule has 28 heavy (non-hydrogen) atoms.